The molecule has 0 saturated heterocycles. The van der Waals surface area contributed by atoms with Gasteiger partial charge in [-0.05, 0) is 36.8 Å². The van der Waals surface area contributed by atoms with Crippen molar-refractivity contribution in [3.05, 3.63) is 72.4 Å². The molecule has 0 saturated carbocycles. The summed E-state index contributed by atoms with van der Waals surface area (Å²) in [4.78, 5) is 33.1. The molecule has 150 valence electrons. The molecule has 2 aromatic carbocycles. The lowest BCUT2D eigenvalue weighted by molar-refractivity contribution is -0.113. The highest BCUT2D eigenvalue weighted by molar-refractivity contribution is 9.10. The number of thiazole rings is 1. The highest BCUT2D eigenvalue weighted by Gasteiger charge is 2.34. The third-order valence-electron chi connectivity index (χ3n) is 4.89. The average Bonchev–Trinajstić information content (AvgIpc) is 3.34. The van der Waals surface area contributed by atoms with Crippen molar-refractivity contribution in [1.82, 2.24) is 14.6 Å². The van der Waals surface area contributed by atoms with Crippen LogP contribution in [0, 0.1) is 0 Å². The first-order valence-electron chi connectivity index (χ1n) is 9.29. The Hall–Kier alpha value is -2.55. The van der Waals surface area contributed by atoms with Crippen LogP contribution in [0.2, 0.25) is 5.02 Å². The minimum Gasteiger partial charge on any atom is -0.308 e. The van der Waals surface area contributed by atoms with Crippen LogP contribution in [0.5, 0.6) is 0 Å². The first-order chi connectivity index (χ1) is 14.5. The number of nitrogens with zero attached hydrogens (tertiary/aromatic N) is 4. The van der Waals surface area contributed by atoms with Crippen LogP contribution < -0.4 is 15.0 Å². The van der Waals surface area contributed by atoms with Gasteiger partial charge in [-0.15, -0.1) is 5.10 Å². The maximum Gasteiger partial charge on any atom is 0.291 e. The molecule has 3 heterocycles. The lowest BCUT2D eigenvalue weighted by atomic mass is 10.1. The quantitative estimate of drug-likeness (QED) is 0.427. The molecule has 1 amide bonds. The number of carbonyl (C=O) groups is 1. The van der Waals surface area contributed by atoms with E-state index in [-0.39, 0.29) is 11.5 Å². The van der Waals surface area contributed by atoms with Gasteiger partial charge in [0.2, 0.25) is 4.96 Å². The molecule has 30 heavy (non-hydrogen) atoms. The molecule has 9 heteroatoms. The largest absolute Gasteiger partial charge is 0.308 e. The van der Waals surface area contributed by atoms with E-state index in [1.165, 1.54) is 15.9 Å². The van der Waals surface area contributed by atoms with Crippen LogP contribution in [0.1, 0.15) is 18.9 Å². The SMILES string of the molecule is CCCN1C(=O)/C(=c2\sc3nc(-c4cccc(Cl)c4)nn3c2=O)c2cc(Br)ccc21. The summed E-state index contributed by atoms with van der Waals surface area (Å²) in [5, 5.41) is 4.94. The number of halogens is 2. The van der Waals surface area contributed by atoms with Crippen molar-refractivity contribution in [2.45, 2.75) is 13.3 Å². The summed E-state index contributed by atoms with van der Waals surface area (Å²) in [6.07, 6.45) is 0.817. The Labute approximate surface area is 188 Å². The molecule has 5 rings (SSSR count). The maximum atomic E-state index is 13.2. The van der Waals surface area contributed by atoms with Crippen LogP contribution in [-0.2, 0) is 4.79 Å². The van der Waals surface area contributed by atoms with E-state index in [2.05, 4.69) is 26.0 Å². The van der Waals surface area contributed by atoms with E-state index >= 15 is 0 Å². The second kappa shape index (κ2) is 7.30. The molecule has 0 bridgehead atoms. The molecule has 0 aliphatic carbocycles. The number of carbonyl (C=O) groups excluding carboxylic acids is 1. The zero-order chi connectivity index (χ0) is 21.0. The Morgan fingerprint density at radius 2 is 2.00 bits per heavy atom. The summed E-state index contributed by atoms with van der Waals surface area (Å²) in [5.74, 6) is 0.257. The van der Waals surface area contributed by atoms with Crippen molar-refractivity contribution in [1.29, 1.82) is 0 Å². The third-order valence-corrected chi connectivity index (χ3v) is 6.65. The van der Waals surface area contributed by atoms with Crippen LogP contribution in [0.3, 0.4) is 0 Å². The van der Waals surface area contributed by atoms with Gasteiger partial charge >= 0.3 is 0 Å². The summed E-state index contributed by atoms with van der Waals surface area (Å²) >= 11 is 10.7. The molecule has 1 aliphatic rings. The number of hydrogen-bond donors (Lipinski definition) is 0. The molecular weight excluding hydrogens is 488 g/mol. The molecule has 2 aromatic heterocycles. The number of rotatable bonds is 3. The van der Waals surface area contributed by atoms with Gasteiger partial charge in [0.1, 0.15) is 4.53 Å². The van der Waals surface area contributed by atoms with Crippen molar-refractivity contribution in [2.24, 2.45) is 0 Å². The Morgan fingerprint density at radius 1 is 1.17 bits per heavy atom. The summed E-state index contributed by atoms with van der Waals surface area (Å²) < 4.78 is 2.46. The van der Waals surface area contributed by atoms with E-state index < -0.39 is 0 Å². The highest BCUT2D eigenvalue weighted by atomic mass is 79.9. The van der Waals surface area contributed by atoms with Gasteiger partial charge in [0, 0.05) is 27.2 Å². The predicted molar refractivity (Wildman–Crippen MR) is 122 cm³/mol. The molecule has 0 fully saturated rings. The topological polar surface area (TPSA) is 67.6 Å². The average molecular weight is 502 g/mol. The van der Waals surface area contributed by atoms with Crippen molar-refractivity contribution >= 4 is 61.0 Å². The number of amides is 1. The van der Waals surface area contributed by atoms with E-state index in [0.29, 0.717) is 32.5 Å². The predicted octanol–water partition coefficient (Wildman–Crippen LogP) is 3.91. The fourth-order valence-electron chi connectivity index (χ4n) is 3.60. The summed E-state index contributed by atoms with van der Waals surface area (Å²) in [7, 11) is 0. The van der Waals surface area contributed by atoms with Crippen LogP contribution >= 0.6 is 38.9 Å². The third kappa shape index (κ3) is 2.98. The standard InChI is InChI=1S/C21H14BrClN4O2S/c1-2-8-26-15-7-6-12(22)10-14(15)16(19(26)28)17-20(29)27-21(30-17)24-18(25-27)11-4-3-5-13(23)9-11/h3-7,9-10H,2,8H2,1H3/b17-16-. The molecule has 6 nitrogen and oxygen atoms in total. The van der Waals surface area contributed by atoms with Gasteiger partial charge in [-0.3, -0.25) is 9.59 Å². The van der Waals surface area contributed by atoms with E-state index in [1.807, 2.05) is 31.2 Å². The van der Waals surface area contributed by atoms with Crippen molar-refractivity contribution in [3.8, 4) is 11.4 Å². The van der Waals surface area contributed by atoms with E-state index in [0.717, 1.165) is 27.7 Å². The molecule has 1 aliphatic heterocycles. The van der Waals surface area contributed by atoms with Gasteiger partial charge in [0.25, 0.3) is 11.5 Å². The lowest BCUT2D eigenvalue weighted by Crippen LogP contribution is -2.32. The number of anilines is 1. The Bertz CT molecular complexity index is 1450. The van der Waals surface area contributed by atoms with Gasteiger partial charge in [-0.1, -0.05) is 57.9 Å². The molecule has 0 spiro atoms. The van der Waals surface area contributed by atoms with Crippen LogP contribution in [-0.4, -0.2) is 27.0 Å². The Morgan fingerprint density at radius 3 is 2.73 bits per heavy atom. The van der Waals surface area contributed by atoms with Crippen molar-refractivity contribution in [2.75, 3.05) is 11.4 Å². The number of fused-ring (bicyclic) bond motifs is 2. The number of hydrogen-bond acceptors (Lipinski definition) is 5. The first-order valence-corrected chi connectivity index (χ1v) is 11.3. The Balaban J connectivity index is 1.74. The van der Waals surface area contributed by atoms with Crippen molar-refractivity contribution in [3.63, 3.8) is 0 Å². The summed E-state index contributed by atoms with van der Waals surface area (Å²) in [6.45, 7) is 2.61. The monoisotopic (exact) mass is 500 g/mol. The van der Waals surface area contributed by atoms with Crippen LogP contribution in [0.15, 0.2) is 51.7 Å². The van der Waals surface area contributed by atoms with Gasteiger partial charge in [0.05, 0.1) is 11.3 Å². The van der Waals surface area contributed by atoms with Gasteiger partial charge in [-0.2, -0.15) is 9.50 Å². The van der Waals surface area contributed by atoms with Crippen LogP contribution in [0.4, 0.5) is 5.69 Å². The normalized spacial score (nSPS) is 15.3. The zero-order valence-electron chi connectivity index (χ0n) is 15.7. The highest BCUT2D eigenvalue weighted by Crippen LogP contribution is 2.37. The molecule has 0 atom stereocenters. The smallest absolute Gasteiger partial charge is 0.291 e. The zero-order valence-corrected chi connectivity index (χ0v) is 18.9. The van der Waals surface area contributed by atoms with E-state index in [4.69, 9.17) is 11.6 Å². The Kier molecular flexibility index (Phi) is 4.72. The molecule has 0 radical (unpaired) electrons. The number of aromatic nitrogens is 3. The van der Waals surface area contributed by atoms with E-state index in [9.17, 15) is 9.59 Å². The second-order valence-corrected chi connectivity index (χ2v) is 9.20. The number of benzene rings is 2. The molecular formula is C21H14BrClN4O2S. The minimum atomic E-state index is -0.344. The second-order valence-electron chi connectivity index (χ2n) is 6.87. The fourth-order valence-corrected chi connectivity index (χ4v) is 5.15. The maximum absolute atomic E-state index is 13.2. The van der Waals surface area contributed by atoms with E-state index in [1.54, 1.807) is 23.1 Å². The molecule has 0 N–H and O–H groups in total. The molecule has 4 aromatic rings. The minimum absolute atomic E-state index is 0.165. The first kappa shape index (κ1) is 19.4. The van der Waals surface area contributed by atoms with Gasteiger partial charge < -0.3 is 4.90 Å². The van der Waals surface area contributed by atoms with Crippen molar-refractivity contribution < 1.29 is 4.79 Å². The fraction of sp³-hybridized carbons (Fsp3) is 0.143. The summed E-state index contributed by atoms with van der Waals surface area (Å²) in [6, 6.07) is 12.8. The van der Waals surface area contributed by atoms with Gasteiger partial charge in [-0.25, -0.2) is 0 Å². The lowest BCUT2D eigenvalue weighted by Gasteiger charge is -2.15. The summed E-state index contributed by atoms with van der Waals surface area (Å²) in [5.41, 5.74) is 2.36. The van der Waals surface area contributed by atoms with Crippen LogP contribution in [0.25, 0.3) is 21.9 Å². The van der Waals surface area contributed by atoms with Gasteiger partial charge in [0.15, 0.2) is 5.82 Å². The molecule has 0 unspecified atom stereocenters.